The van der Waals surface area contributed by atoms with Gasteiger partial charge in [-0.15, -0.1) is 0 Å². The van der Waals surface area contributed by atoms with Crippen molar-refractivity contribution in [2.24, 2.45) is 7.05 Å². The van der Waals surface area contributed by atoms with E-state index < -0.39 is 35.5 Å². The molecule has 1 amide bonds. The van der Waals surface area contributed by atoms with Crippen LogP contribution in [0.5, 0.6) is 0 Å². The van der Waals surface area contributed by atoms with Crippen molar-refractivity contribution < 1.29 is 15.0 Å². The second-order valence-corrected chi connectivity index (χ2v) is 6.88. The number of aliphatic hydroxyl groups is 2. The second-order valence-electron chi connectivity index (χ2n) is 6.88. The molecule has 4 atom stereocenters. The van der Waals surface area contributed by atoms with E-state index in [0.717, 1.165) is 5.69 Å². The van der Waals surface area contributed by atoms with Crippen molar-refractivity contribution >= 4 is 5.91 Å². The van der Waals surface area contributed by atoms with Crippen molar-refractivity contribution in [2.75, 3.05) is 0 Å². The number of aryl methyl sites for hydroxylation is 3. The van der Waals surface area contributed by atoms with E-state index in [1.165, 1.54) is 10.8 Å². The Kier molecular flexibility index (Phi) is 5.29. The molecule has 0 aromatic carbocycles. The first-order chi connectivity index (χ1) is 12.8. The van der Waals surface area contributed by atoms with Crippen LogP contribution in [-0.2, 0) is 18.3 Å². The smallest absolute Gasteiger partial charge is 0.328 e. The minimum atomic E-state index is -1.24. The predicted octanol–water partition coefficient (Wildman–Crippen LogP) is -1.64. The molecule has 2 aromatic heterocycles. The number of nitrogens with zero attached hydrogens (tertiary/aromatic N) is 3. The molecule has 0 bridgehead atoms. The summed E-state index contributed by atoms with van der Waals surface area (Å²) in [5.74, 6) is -0.266. The van der Waals surface area contributed by atoms with Crippen molar-refractivity contribution in [1.29, 1.82) is 0 Å². The summed E-state index contributed by atoms with van der Waals surface area (Å²) in [4.78, 5) is 38.0. The molecule has 0 radical (unpaired) electrons. The summed E-state index contributed by atoms with van der Waals surface area (Å²) in [6.07, 6.45) is 1.43. The van der Waals surface area contributed by atoms with Gasteiger partial charge in [0.25, 0.3) is 5.56 Å². The zero-order valence-electron chi connectivity index (χ0n) is 15.1. The maximum absolute atomic E-state index is 12.2. The molecular weight excluding hydrogens is 354 g/mol. The lowest BCUT2D eigenvalue weighted by atomic mass is 10.1. The summed E-state index contributed by atoms with van der Waals surface area (Å²) in [6.45, 7) is 1.55. The summed E-state index contributed by atoms with van der Waals surface area (Å²) in [7, 11) is 1.79. The summed E-state index contributed by atoms with van der Waals surface area (Å²) in [6, 6.07) is 0.385. The van der Waals surface area contributed by atoms with Gasteiger partial charge < -0.3 is 15.5 Å². The first-order valence-corrected chi connectivity index (χ1v) is 8.72. The van der Waals surface area contributed by atoms with Crippen LogP contribution in [0.4, 0.5) is 0 Å². The molecule has 1 fully saturated rings. The van der Waals surface area contributed by atoms with Gasteiger partial charge in [-0.1, -0.05) is 0 Å². The minimum absolute atomic E-state index is 0.172. The molecule has 0 spiro atoms. The quantitative estimate of drug-likeness (QED) is 0.492. The maximum atomic E-state index is 12.2. The number of amides is 1. The molecule has 2 aromatic rings. The molecule has 146 valence electrons. The van der Waals surface area contributed by atoms with Crippen molar-refractivity contribution in [2.45, 2.75) is 50.5 Å². The highest BCUT2D eigenvalue weighted by atomic mass is 16.3. The highest BCUT2D eigenvalue weighted by molar-refractivity contribution is 5.76. The number of H-pyrrole nitrogens is 1. The van der Waals surface area contributed by atoms with Gasteiger partial charge >= 0.3 is 5.69 Å². The normalized spacial score (nSPS) is 24.9. The van der Waals surface area contributed by atoms with E-state index in [4.69, 9.17) is 0 Å². The van der Waals surface area contributed by atoms with Gasteiger partial charge in [-0.25, -0.2) is 4.79 Å². The van der Waals surface area contributed by atoms with Crippen molar-refractivity contribution in [3.05, 3.63) is 50.6 Å². The number of aromatic nitrogens is 4. The molecule has 1 aliphatic rings. The number of hydrogen-bond acceptors (Lipinski definition) is 6. The van der Waals surface area contributed by atoms with Gasteiger partial charge in [0.2, 0.25) is 5.91 Å². The summed E-state index contributed by atoms with van der Waals surface area (Å²) in [5.41, 5.74) is 0.0691. The van der Waals surface area contributed by atoms with Gasteiger partial charge in [0, 0.05) is 37.1 Å². The Morgan fingerprint density at radius 2 is 2.11 bits per heavy atom. The minimum Gasteiger partial charge on any atom is -0.388 e. The fourth-order valence-corrected chi connectivity index (χ4v) is 3.43. The van der Waals surface area contributed by atoms with Gasteiger partial charge in [0.1, 0.15) is 12.2 Å². The molecule has 1 saturated carbocycles. The van der Waals surface area contributed by atoms with Crippen LogP contribution in [0.1, 0.15) is 30.1 Å². The standard InChI is InChI=1S/C17H23N5O5/c1-9-8-22(17(27)20-16(9)26)12-7-11(14(24)15(12)25)19-13(23)4-3-10-5-6-18-21(10)2/h5-6,8,11-12,14-15,24-25H,3-4,7H2,1-2H3,(H,19,23)(H,20,26,27)/t11-,12+,14-,15+/m1/s1. The Morgan fingerprint density at radius 1 is 1.37 bits per heavy atom. The molecule has 27 heavy (non-hydrogen) atoms. The van der Waals surface area contributed by atoms with Crippen LogP contribution in [0.15, 0.2) is 28.0 Å². The zero-order chi connectivity index (χ0) is 19.7. The molecule has 0 saturated heterocycles. The van der Waals surface area contributed by atoms with Crippen molar-refractivity contribution in [3.63, 3.8) is 0 Å². The van der Waals surface area contributed by atoms with Gasteiger partial charge in [0.15, 0.2) is 0 Å². The van der Waals surface area contributed by atoms with E-state index in [9.17, 15) is 24.6 Å². The van der Waals surface area contributed by atoms with Crippen LogP contribution >= 0.6 is 0 Å². The van der Waals surface area contributed by atoms with Crippen LogP contribution in [0.3, 0.4) is 0 Å². The predicted molar refractivity (Wildman–Crippen MR) is 95.2 cm³/mol. The van der Waals surface area contributed by atoms with E-state index in [1.807, 2.05) is 6.07 Å². The average Bonchev–Trinajstić information content (AvgIpc) is 3.14. The molecule has 10 nitrogen and oxygen atoms in total. The number of aromatic amines is 1. The number of rotatable bonds is 5. The van der Waals surface area contributed by atoms with Crippen LogP contribution in [0, 0.1) is 6.92 Å². The molecular formula is C17H23N5O5. The number of carbonyl (C=O) groups excluding carboxylic acids is 1. The Hall–Kier alpha value is -2.72. The fraction of sp³-hybridized carbons (Fsp3) is 0.529. The number of nitrogens with one attached hydrogen (secondary N) is 2. The van der Waals surface area contributed by atoms with Gasteiger partial charge in [-0.05, 0) is 25.8 Å². The van der Waals surface area contributed by atoms with E-state index in [0.29, 0.717) is 12.0 Å². The van der Waals surface area contributed by atoms with E-state index in [1.54, 1.807) is 24.9 Å². The van der Waals surface area contributed by atoms with E-state index in [2.05, 4.69) is 15.4 Å². The summed E-state index contributed by atoms with van der Waals surface area (Å²) < 4.78 is 2.88. The van der Waals surface area contributed by atoms with Crippen LogP contribution in [-0.4, -0.2) is 53.7 Å². The third kappa shape index (κ3) is 3.86. The lowest BCUT2D eigenvalue weighted by molar-refractivity contribution is -0.122. The molecule has 3 rings (SSSR count). The van der Waals surface area contributed by atoms with Crippen molar-refractivity contribution in [3.8, 4) is 0 Å². The number of carbonyl (C=O) groups is 1. The highest BCUT2D eigenvalue weighted by Gasteiger charge is 2.43. The number of hydrogen-bond donors (Lipinski definition) is 4. The van der Waals surface area contributed by atoms with Crippen LogP contribution < -0.4 is 16.6 Å². The Bertz CT molecular complexity index is 946. The lowest BCUT2D eigenvalue weighted by Gasteiger charge is -2.19. The Labute approximate surface area is 154 Å². The van der Waals surface area contributed by atoms with Crippen molar-refractivity contribution in [1.82, 2.24) is 24.6 Å². The third-order valence-corrected chi connectivity index (χ3v) is 5.03. The SMILES string of the molecule is Cc1cn([C@H]2C[C@@H](NC(=O)CCc3ccnn3C)[C@@H](O)[C@H]2O)c(=O)[nH]c1=O. The first kappa shape index (κ1) is 19.1. The Balaban J connectivity index is 1.67. The first-order valence-electron chi connectivity index (χ1n) is 8.72. The average molecular weight is 377 g/mol. The molecule has 10 heteroatoms. The van der Waals surface area contributed by atoms with Gasteiger partial charge in [-0.2, -0.15) is 5.10 Å². The largest absolute Gasteiger partial charge is 0.388 e. The molecule has 0 aliphatic heterocycles. The van der Waals surface area contributed by atoms with E-state index >= 15 is 0 Å². The third-order valence-electron chi connectivity index (χ3n) is 5.03. The summed E-state index contributed by atoms with van der Waals surface area (Å²) in [5, 5.41) is 27.4. The van der Waals surface area contributed by atoms with Gasteiger partial charge in [-0.3, -0.25) is 23.8 Å². The number of aliphatic hydroxyl groups excluding tert-OH is 2. The van der Waals surface area contributed by atoms with Crippen LogP contribution in [0.2, 0.25) is 0 Å². The summed E-state index contributed by atoms with van der Waals surface area (Å²) >= 11 is 0. The lowest BCUT2D eigenvalue weighted by Crippen LogP contribution is -2.43. The monoisotopic (exact) mass is 377 g/mol. The second kappa shape index (κ2) is 7.49. The molecule has 4 N–H and O–H groups in total. The van der Waals surface area contributed by atoms with Gasteiger partial charge in [0.05, 0.1) is 12.1 Å². The topological polar surface area (TPSA) is 142 Å². The zero-order valence-corrected chi connectivity index (χ0v) is 15.1. The molecule has 1 aliphatic carbocycles. The highest BCUT2D eigenvalue weighted by Crippen LogP contribution is 2.30. The Morgan fingerprint density at radius 3 is 2.78 bits per heavy atom. The molecule has 0 unspecified atom stereocenters. The van der Waals surface area contributed by atoms with Crippen LogP contribution in [0.25, 0.3) is 0 Å². The van der Waals surface area contributed by atoms with E-state index in [-0.39, 0.29) is 18.7 Å². The molecule has 2 heterocycles. The fourth-order valence-electron chi connectivity index (χ4n) is 3.43. The maximum Gasteiger partial charge on any atom is 0.328 e.